The number of amides is 2. The maximum Gasteiger partial charge on any atom is 0.312 e. The Morgan fingerprint density at radius 1 is 1.07 bits per heavy atom. The van der Waals surface area contributed by atoms with Crippen LogP contribution >= 0.6 is 0 Å². The van der Waals surface area contributed by atoms with Crippen LogP contribution in [0, 0.1) is 11.3 Å². The molecule has 0 spiro atoms. The summed E-state index contributed by atoms with van der Waals surface area (Å²) in [5.41, 5.74) is 1.86. The standard InChI is InChI=1S/C35H43N3O5/c1-34(2,3)43-33(41)35(20-21-35)19-9-10-22-36-31(40)30(26-11-7-8-12-26)27-17-15-25(16-18-27)23-38-29(39)24-42-32(37-38)28-13-5-4-6-14-28/h4-6,9-10,13-18,26,30H,7-8,11-12,19-24H2,1-3H3,(H,36,40)/b10-9+. The van der Waals surface area contributed by atoms with Crippen molar-refractivity contribution in [1.29, 1.82) is 0 Å². The number of ether oxygens (including phenoxy) is 2. The van der Waals surface area contributed by atoms with E-state index in [9.17, 15) is 14.4 Å². The van der Waals surface area contributed by atoms with Crippen LogP contribution in [0.5, 0.6) is 0 Å². The number of nitrogens with zero attached hydrogens (tertiary/aromatic N) is 2. The first kappa shape index (κ1) is 30.5. The van der Waals surface area contributed by atoms with Crippen molar-refractivity contribution in [2.24, 2.45) is 16.4 Å². The van der Waals surface area contributed by atoms with Crippen molar-refractivity contribution in [3.63, 3.8) is 0 Å². The quantitative estimate of drug-likeness (QED) is 0.263. The summed E-state index contributed by atoms with van der Waals surface area (Å²) >= 11 is 0. The van der Waals surface area contributed by atoms with E-state index in [1.165, 1.54) is 5.01 Å². The lowest BCUT2D eigenvalue weighted by atomic mass is 9.83. The third kappa shape index (κ3) is 7.92. The predicted molar refractivity (Wildman–Crippen MR) is 165 cm³/mol. The highest BCUT2D eigenvalue weighted by molar-refractivity contribution is 5.97. The van der Waals surface area contributed by atoms with Gasteiger partial charge in [-0.1, -0.05) is 67.5 Å². The largest absolute Gasteiger partial charge is 0.466 e. The number of nitrogens with one attached hydrogen (secondary N) is 1. The minimum atomic E-state index is -0.489. The Labute approximate surface area is 254 Å². The molecule has 8 nitrogen and oxygen atoms in total. The van der Waals surface area contributed by atoms with Gasteiger partial charge in [-0.05, 0) is 82.1 Å². The Morgan fingerprint density at radius 2 is 1.77 bits per heavy atom. The van der Waals surface area contributed by atoms with Gasteiger partial charge in [-0.15, -0.1) is 5.10 Å². The molecule has 1 unspecified atom stereocenters. The molecule has 0 saturated heterocycles. The Hall–Kier alpha value is -3.94. The average molecular weight is 586 g/mol. The van der Waals surface area contributed by atoms with Crippen molar-refractivity contribution in [3.8, 4) is 0 Å². The summed E-state index contributed by atoms with van der Waals surface area (Å²) in [7, 11) is 0. The van der Waals surface area contributed by atoms with E-state index in [1.807, 2.05) is 87.5 Å². The van der Waals surface area contributed by atoms with Crippen LogP contribution in [-0.2, 0) is 30.4 Å². The van der Waals surface area contributed by atoms with Gasteiger partial charge in [-0.2, -0.15) is 0 Å². The monoisotopic (exact) mass is 585 g/mol. The minimum Gasteiger partial charge on any atom is -0.466 e. The molecule has 2 saturated carbocycles. The summed E-state index contributed by atoms with van der Waals surface area (Å²) in [5, 5.41) is 9.01. The Morgan fingerprint density at radius 3 is 2.42 bits per heavy atom. The number of hydrogen-bond acceptors (Lipinski definition) is 6. The van der Waals surface area contributed by atoms with Gasteiger partial charge in [-0.25, -0.2) is 5.01 Å². The van der Waals surface area contributed by atoms with Crippen LogP contribution in [0.2, 0.25) is 0 Å². The van der Waals surface area contributed by atoms with E-state index in [1.54, 1.807) is 0 Å². The highest BCUT2D eigenvalue weighted by Gasteiger charge is 2.51. The molecule has 1 heterocycles. The second-order valence-electron chi connectivity index (χ2n) is 13.0. The number of hydrogen-bond donors (Lipinski definition) is 1. The molecule has 2 aromatic carbocycles. The third-order valence-corrected chi connectivity index (χ3v) is 8.43. The van der Waals surface area contributed by atoms with E-state index in [4.69, 9.17) is 9.47 Å². The topological polar surface area (TPSA) is 97.3 Å². The number of allylic oxidation sites excluding steroid dienone is 1. The molecular formula is C35H43N3O5. The second kappa shape index (κ2) is 13.1. The minimum absolute atomic E-state index is 0.0260. The maximum atomic E-state index is 13.5. The first-order valence-electron chi connectivity index (χ1n) is 15.5. The van der Waals surface area contributed by atoms with Gasteiger partial charge in [-0.3, -0.25) is 14.4 Å². The van der Waals surface area contributed by atoms with E-state index in [-0.39, 0.29) is 30.3 Å². The molecule has 5 rings (SSSR count). The molecule has 1 N–H and O–H groups in total. The molecule has 1 atom stereocenters. The summed E-state index contributed by atoms with van der Waals surface area (Å²) < 4.78 is 11.2. The van der Waals surface area contributed by atoms with Crippen molar-refractivity contribution in [1.82, 2.24) is 10.3 Å². The highest BCUT2D eigenvalue weighted by atomic mass is 16.6. The second-order valence-corrected chi connectivity index (χ2v) is 13.0. The zero-order valence-electron chi connectivity index (χ0n) is 25.5. The van der Waals surface area contributed by atoms with Gasteiger partial charge in [0.1, 0.15) is 5.60 Å². The number of esters is 1. The molecule has 2 aliphatic carbocycles. The lowest BCUT2D eigenvalue weighted by Gasteiger charge is -2.25. The Kier molecular flexibility index (Phi) is 9.33. The number of carbonyl (C=O) groups is 3. The average Bonchev–Trinajstić information content (AvgIpc) is 3.59. The van der Waals surface area contributed by atoms with Crippen molar-refractivity contribution in [2.45, 2.75) is 83.8 Å². The Bertz CT molecular complexity index is 1350. The number of hydrazone groups is 1. The van der Waals surface area contributed by atoms with Gasteiger partial charge >= 0.3 is 5.97 Å². The van der Waals surface area contributed by atoms with Gasteiger partial charge in [0, 0.05) is 12.1 Å². The highest BCUT2D eigenvalue weighted by Crippen LogP contribution is 2.50. The molecule has 2 aromatic rings. The van der Waals surface area contributed by atoms with Crippen LogP contribution < -0.4 is 5.32 Å². The molecule has 228 valence electrons. The summed E-state index contributed by atoms with van der Waals surface area (Å²) in [4.78, 5) is 38.6. The number of benzene rings is 2. The fourth-order valence-corrected chi connectivity index (χ4v) is 5.87. The van der Waals surface area contributed by atoms with Gasteiger partial charge in [0.2, 0.25) is 11.8 Å². The number of rotatable bonds is 11. The van der Waals surface area contributed by atoms with Crippen molar-refractivity contribution in [2.75, 3.05) is 13.2 Å². The lowest BCUT2D eigenvalue weighted by molar-refractivity contribution is -0.161. The van der Waals surface area contributed by atoms with E-state index in [2.05, 4.69) is 10.4 Å². The summed E-state index contributed by atoms with van der Waals surface area (Å²) in [6.45, 7) is 6.37. The first-order valence-corrected chi connectivity index (χ1v) is 15.5. The fraction of sp³-hybridized carbons (Fsp3) is 0.486. The first-order chi connectivity index (χ1) is 20.6. The molecular weight excluding hydrogens is 542 g/mol. The third-order valence-electron chi connectivity index (χ3n) is 8.43. The molecule has 0 aromatic heterocycles. The van der Waals surface area contributed by atoms with Gasteiger partial charge in [0.15, 0.2) is 6.61 Å². The van der Waals surface area contributed by atoms with Crippen LogP contribution in [0.3, 0.4) is 0 Å². The van der Waals surface area contributed by atoms with Crippen molar-refractivity contribution in [3.05, 3.63) is 83.4 Å². The molecule has 0 bridgehead atoms. The number of carbonyl (C=O) groups excluding carboxylic acids is 3. The molecule has 3 aliphatic rings. The SMILES string of the molecule is CC(C)(C)OC(=O)C1(C/C=C/CNC(=O)C(c2ccc(CN3N=C(c4ccccc4)OCC3=O)cc2)C2CCCC2)CC1. The fourth-order valence-electron chi connectivity index (χ4n) is 5.87. The van der Waals surface area contributed by atoms with Crippen LogP contribution in [0.25, 0.3) is 0 Å². The van der Waals surface area contributed by atoms with Crippen molar-refractivity contribution < 1.29 is 23.9 Å². The van der Waals surface area contributed by atoms with E-state index in [0.29, 0.717) is 31.3 Å². The van der Waals surface area contributed by atoms with Gasteiger partial charge in [0.25, 0.3) is 5.91 Å². The predicted octanol–water partition coefficient (Wildman–Crippen LogP) is 5.87. The van der Waals surface area contributed by atoms with Gasteiger partial charge < -0.3 is 14.8 Å². The molecule has 2 amide bonds. The molecule has 1 aliphatic heterocycles. The van der Waals surface area contributed by atoms with Crippen LogP contribution in [0.15, 0.2) is 71.9 Å². The summed E-state index contributed by atoms with van der Waals surface area (Å²) in [6.07, 6.45) is 10.6. The van der Waals surface area contributed by atoms with E-state index >= 15 is 0 Å². The molecule has 43 heavy (non-hydrogen) atoms. The molecule has 8 heteroatoms. The Balaban J connectivity index is 1.19. The summed E-state index contributed by atoms with van der Waals surface area (Å²) in [6, 6.07) is 17.5. The van der Waals surface area contributed by atoms with Crippen LogP contribution in [0.4, 0.5) is 0 Å². The van der Waals surface area contributed by atoms with Crippen LogP contribution in [0.1, 0.15) is 88.3 Å². The zero-order valence-corrected chi connectivity index (χ0v) is 25.5. The zero-order chi connectivity index (χ0) is 30.5. The molecule has 2 fully saturated rings. The van der Waals surface area contributed by atoms with E-state index < -0.39 is 11.0 Å². The normalized spacial score (nSPS) is 19.1. The summed E-state index contributed by atoms with van der Waals surface area (Å²) in [5.74, 6) is 0.211. The molecule has 0 radical (unpaired) electrons. The lowest BCUT2D eigenvalue weighted by Crippen LogP contribution is -2.36. The van der Waals surface area contributed by atoms with Crippen molar-refractivity contribution >= 4 is 23.7 Å². The van der Waals surface area contributed by atoms with Crippen LogP contribution in [-0.4, -0.2) is 47.4 Å². The maximum absolute atomic E-state index is 13.5. The van der Waals surface area contributed by atoms with E-state index in [0.717, 1.165) is 55.2 Å². The van der Waals surface area contributed by atoms with Gasteiger partial charge in [0.05, 0.1) is 17.9 Å². The smallest absolute Gasteiger partial charge is 0.312 e.